The van der Waals surface area contributed by atoms with E-state index in [0.29, 0.717) is 12.1 Å². The summed E-state index contributed by atoms with van der Waals surface area (Å²) >= 11 is 0. The first kappa shape index (κ1) is 14.7. The van der Waals surface area contributed by atoms with Crippen LogP contribution in [-0.2, 0) is 19.1 Å². The Labute approximate surface area is 108 Å². The normalized spacial score (nSPS) is 17.7. The van der Waals surface area contributed by atoms with Crippen molar-refractivity contribution < 1.29 is 19.1 Å². The second-order valence-corrected chi connectivity index (χ2v) is 5.28. The SMILES string of the molecule is CC(OC(=O)C1=CCCNC1)C(=O)OC(C)(C)C. The summed E-state index contributed by atoms with van der Waals surface area (Å²) in [5.41, 5.74) is -0.0136. The minimum Gasteiger partial charge on any atom is -0.457 e. The summed E-state index contributed by atoms with van der Waals surface area (Å²) < 4.78 is 10.2. The molecule has 0 aromatic heterocycles. The Morgan fingerprint density at radius 2 is 2.06 bits per heavy atom. The molecule has 0 bridgehead atoms. The van der Waals surface area contributed by atoms with Gasteiger partial charge in [0.05, 0.1) is 0 Å². The molecule has 1 aliphatic heterocycles. The van der Waals surface area contributed by atoms with Crippen LogP contribution < -0.4 is 5.32 Å². The van der Waals surface area contributed by atoms with E-state index < -0.39 is 23.6 Å². The average molecular weight is 255 g/mol. The van der Waals surface area contributed by atoms with Gasteiger partial charge in [0.1, 0.15) is 5.60 Å². The first-order valence-electron chi connectivity index (χ1n) is 6.13. The van der Waals surface area contributed by atoms with E-state index in [9.17, 15) is 9.59 Å². The molecule has 5 heteroatoms. The average Bonchev–Trinajstić information content (AvgIpc) is 2.27. The number of carbonyl (C=O) groups excluding carboxylic acids is 2. The summed E-state index contributed by atoms with van der Waals surface area (Å²) in [5, 5.41) is 3.07. The van der Waals surface area contributed by atoms with Crippen LogP contribution in [0.2, 0.25) is 0 Å². The molecule has 1 aliphatic rings. The maximum absolute atomic E-state index is 11.7. The van der Waals surface area contributed by atoms with Crippen LogP contribution in [0.4, 0.5) is 0 Å². The predicted molar refractivity (Wildman–Crippen MR) is 67.0 cm³/mol. The van der Waals surface area contributed by atoms with E-state index in [1.807, 2.05) is 6.08 Å². The van der Waals surface area contributed by atoms with Crippen molar-refractivity contribution in [1.29, 1.82) is 0 Å². The molecular weight excluding hydrogens is 234 g/mol. The smallest absolute Gasteiger partial charge is 0.347 e. The molecule has 5 nitrogen and oxygen atoms in total. The molecule has 0 saturated heterocycles. The molecule has 0 aromatic rings. The molecule has 0 saturated carbocycles. The number of nitrogens with one attached hydrogen (secondary N) is 1. The second-order valence-electron chi connectivity index (χ2n) is 5.28. The van der Waals surface area contributed by atoms with Crippen LogP contribution in [0.3, 0.4) is 0 Å². The van der Waals surface area contributed by atoms with Crippen molar-refractivity contribution in [2.24, 2.45) is 0 Å². The van der Waals surface area contributed by atoms with Gasteiger partial charge in [0.15, 0.2) is 6.10 Å². The minimum absolute atomic E-state index is 0.458. The van der Waals surface area contributed by atoms with Gasteiger partial charge in [-0.3, -0.25) is 0 Å². The van der Waals surface area contributed by atoms with Crippen molar-refractivity contribution in [3.63, 3.8) is 0 Å². The molecule has 1 heterocycles. The van der Waals surface area contributed by atoms with Gasteiger partial charge in [-0.1, -0.05) is 6.08 Å². The quantitative estimate of drug-likeness (QED) is 0.767. The number of hydrogen-bond acceptors (Lipinski definition) is 5. The summed E-state index contributed by atoms with van der Waals surface area (Å²) in [6.07, 6.45) is 1.74. The summed E-state index contributed by atoms with van der Waals surface area (Å²) in [6.45, 7) is 8.17. The zero-order valence-corrected chi connectivity index (χ0v) is 11.4. The van der Waals surface area contributed by atoms with Gasteiger partial charge in [0.2, 0.25) is 0 Å². The van der Waals surface area contributed by atoms with Crippen LogP contribution in [0, 0.1) is 0 Å². The summed E-state index contributed by atoms with van der Waals surface area (Å²) in [4.78, 5) is 23.4. The summed E-state index contributed by atoms with van der Waals surface area (Å²) in [6, 6.07) is 0. The number of ether oxygens (including phenoxy) is 2. The van der Waals surface area contributed by atoms with Crippen LogP contribution in [0.15, 0.2) is 11.6 Å². The molecule has 0 amide bonds. The molecular formula is C13H21NO4. The molecule has 0 spiro atoms. The van der Waals surface area contributed by atoms with Gasteiger partial charge in [-0.2, -0.15) is 0 Å². The van der Waals surface area contributed by atoms with Gasteiger partial charge in [0, 0.05) is 12.1 Å². The third kappa shape index (κ3) is 4.87. The van der Waals surface area contributed by atoms with Crippen molar-refractivity contribution >= 4 is 11.9 Å². The van der Waals surface area contributed by atoms with Crippen LogP contribution in [0.1, 0.15) is 34.1 Å². The van der Waals surface area contributed by atoms with Crippen molar-refractivity contribution in [3.05, 3.63) is 11.6 Å². The van der Waals surface area contributed by atoms with Gasteiger partial charge in [-0.15, -0.1) is 0 Å². The topological polar surface area (TPSA) is 64.6 Å². The zero-order chi connectivity index (χ0) is 13.8. The highest BCUT2D eigenvalue weighted by Gasteiger charge is 2.25. The second kappa shape index (κ2) is 6.00. The summed E-state index contributed by atoms with van der Waals surface area (Å²) in [7, 11) is 0. The highest BCUT2D eigenvalue weighted by molar-refractivity contribution is 5.91. The summed E-state index contributed by atoms with van der Waals surface area (Å²) in [5.74, 6) is -0.985. The van der Waals surface area contributed by atoms with Crippen LogP contribution in [0.25, 0.3) is 0 Å². The Hall–Kier alpha value is -1.36. The Bertz CT molecular complexity index is 354. The Balaban J connectivity index is 2.48. The lowest BCUT2D eigenvalue weighted by molar-refractivity contribution is -0.172. The molecule has 0 aromatic carbocycles. The third-order valence-corrected chi connectivity index (χ3v) is 2.31. The van der Waals surface area contributed by atoms with Gasteiger partial charge in [-0.25, -0.2) is 9.59 Å². The zero-order valence-electron chi connectivity index (χ0n) is 11.4. The molecule has 0 aliphatic carbocycles. The van der Waals surface area contributed by atoms with E-state index >= 15 is 0 Å². The fourth-order valence-electron chi connectivity index (χ4n) is 1.47. The lowest BCUT2D eigenvalue weighted by Crippen LogP contribution is -2.35. The largest absolute Gasteiger partial charge is 0.457 e. The van der Waals surface area contributed by atoms with Crippen LogP contribution in [0.5, 0.6) is 0 Å². The van der Waals surface area contributed by atoms with E-state index in [1.54, 1.807) is 20.8 Å². The molecule has 0 fully saturated rings. The maximum atomic E-state index is 11.7. The highest BCUT2D eigenvalue weighted by atomic mass is 16.6. The van der Waals surface area contributed by atoms with Crippen LogP contribution in [-0.4, -0.2) is 36.7 Å². The standard InChI is InChI=1S/C13H21NO4/c1-9(11(15)18-13(2,3)4)17-12(16)10-6-5-7-14-8-10/h6,9,14H,5,7-8H2,1-4H3. The maximum Gasteiger partial charge on any atom is 0.347 e. The number of hydrogen-bond donors (Lipinski definition) is 1. The lowest BCUT2D eigenvalue weighted by Gasteiger charge is -2.22. The molecule has 1 atom stereocenters. The Kier molecular flexibility index (Phi) is 4.90. The predicted octanol–water partition coefficient (Wildman–Crippen LogP) is 1.18. The molecule has 1 N–H and O–H groups in total. The van der Waals surface area contributed by atoms with Gasteiger partial charge in [0.25, 0.3) is 0 Å². The highest BCUT2D eigenvalue weighted by Crippen LogP contribution is 2.11. The number of esters is 2. The molecule has 18 heavy (non-hydrogen) atoms. The van der Waals surface area contributed by atoms with E-state index in [1.165, 1.54) is 6.92 Å². The molecule has 102 valence electrons. The first-order valence-corrected chi connectivity index (χ1v) is 6.13. The lowest BCUT2D eigenvalue weighted by atomic mass is 10.1. The van der Waals surface area contributed by atoms with E-state index in [4.69, 9.17) is 9.47 Å². The van der Waals surface area contributed by atoms with Crippen molar-refractivity contribution in [2.75, 3.05) is 13.1 Å². The molecule has 1 rings (SSSR count). The van der Waals surface area contributed by atoms with E-state index in [2.05, 4.69) is 5.32 Å². The van der Waals surface area contributed by atoms with E-state index in [0.717, 1.165) is 13.0 Å². The van der Waals surface area contributed by atoms with Crippen molar-refractivity contribution in [2.45, 2.75) is 45.8 Å². The minimum atomic E-state index is -0.889. The van der Waals surface area contributed by atoms with Gasteiger partial charge < -0.3 is 14.8 Å². The Morgan fingerprint density at radius 1 is 1.39 bits per heavy atom. The van der Waals surface area contributed by atoms with Crippen molar-refractivity contribution in [3.8, 4) is 0 Å². The molecule has 0 radical (unpaired) electrons. The van der Waals surface area contributed by atoms with Gasteiger partial charge >= 0.3 is 11.9 Å². The molecule has 1 unspecified atom stereocenters. The third-order valence-electron chi connectivity index (χ3n) is 2.31. The Morgan fingerprint density at radius 3 is 2.56 bits per heavy atom. The van der Waals surface area contributed by atoms with Crippen molar-refractivity contribution in [1.82, 2.24) is 5.32 Å². The van der Waals surface area contributed by atoms with E-state index in [-0.39, 0.29) is 0 Å². The fourth-order valence-corrected chi connectivity index (χ4v) is 1.47. The number of rotatable bonds is 3. The van der Waals surface area contributed by atoms with Crippen LogP contribution >= 0.6 is 0 Å². The first-order chi connectivity index (χ1) is 8.29. The monoisotopic (exact) mass is 255 g/mol. The van der Waals surface area contributed by atoms with Gasteiger partial charge in [-0.05, 0) is 40.7 Å². The fraction of sp³-hybridized carbons (Fsp3) is 0.692. The number of carbonyl (C=O) groups is 2.